The van der Waals surface area contributed by atoms with E-state index in [0.29, 0.717) is 5.92 Å². The van der Waals surface area contributed by atoms with Crippen molar-refractivity contribution < 1.29 is 4.74 Å². The molecule has 0 aromatic carbocycles. The van der Waals surface area contributed by atoms with E-state index in [4.69, 9.17) is 4.74 Å². The van der Waals surface area contributed by atoms with Crippen LogP contribution in [0.4, 0.5) is 0 Å². The first-order chi connectivity index (χ1) is 9.05. The molecule has 0 aliphatic carbocycles. The van der Waals surface area contributed by atoms with Crippen LogP contribution in [-0.4, -0.2) is 18.0 Å². The van der Waals surface area contributed by atoms with Gasteiger partial charge in [-0.25, -0.2) is 4.99 Å². The van der Waals surface area contributed by atoms with Gasteiger partial charge in [-0.15, -0.1) is 0 Å². The number of aliphatic imine (C=N–C) groups is 1. The highest BCUT2D eigenvalue weighted by molar-refractivity contribution is 5.80. The topological polar surface area (TPSA) is 21.6 Å². The number of hydrogen-bond acceptors (Lipinski definition) is 2. The van der Waals surface area contributed by atoms with E-state index < -0.39 is 0 Å². The van der Waals surface area contributed by atoms with E-state index >= 15 is 0 Å². The molecule has 1 unspecified atom stereocenters. The molecule has 0 radical (unpaired) electrons. The van der Waals surface area contributed by atoms with Crippen LogP contribution in [0.1, 0.15) is 85.5 Å². The molecule has 2 heteroatoms. The molecular formula is C17H33NO. The average Bonchev–Trinajstić information content (AvgIpc) is 2.73. The molecule has 1 aliphatic heterocycles. The second-order valence-corrected chi connectivity index (χ2v) is 6.72. The maximum Gasteiger partial charge on any atom is 0.186 e. The normalized spacial score (nSPS) is 19.1. The standard InChI is InChI=1S/C17H33NO/c1-5-6-7-8-9-10-11-12-13-15(2)16-18-17(3,4)14-19-16/h15H,5-14H2,1-4H3. The highest BCUT2D eigenvalue weighted by atomic mass is 16.5. The van der Waals surface area contributed by atoms with Gasteiger partial charge in [0.15, 0.2) is 5.90 Å². The first-order valence-corrected chi connectivity index (χ1v) is 8.27. The molecule has 0 aromatic heterocycles. The van der Waals surface area contributed by atoms with Crippen molar-refractivity contribution in [3.8, 4) is 0 Å². The quantitative estimate of drug-likeness (QED) is 0.488. The highest BCUT2D eigenvalue weighted by Crippen LogP contribution is 2.23. The van der Waals surface area contributed by atoms with Crippen LogP contribution in [0.25, 0.3) is 0 Å². The van der Waals surface area contributed by atoms with E-state index in [9.17, 15) is 0 Å². The Kier molecular flexibility index (Phi) is 7.48. The Morgan fingerprint density at radius 3 is 2.16 bits per heavy atom. The van der Waals surface area contributed by atoms with Gasteiger partial charge in [-0.05, 0) is 20.3 Å². The summed E-state index contributed by atoms with van der Waals surface area (Å²) in [6, 6.07) is 0. The van der Waals surface area contributed by atoms with Gasteiger partial charge in [0.05, 0.1) is 5.54 Å². The molecule has 2 nitrogen and oxygen atoms in total. The van der Waals surface area contributed by atoms with Gasteiger partial charge in [0, 0.05) is 5.92 Å². The SMILES string of the molecule is CCCCCCCCCCC(C)C1=NC(C)(C)CO1. The number of nitrogens with zero attached hydrogens (tertiary/aromatic N) is 1. The Morgan fingerprint density at radius 1 is 1.05 bits per heavy atom. The molecule has 1 atom stereocenters. The summed E-state index contributed by atoms with van der Waals surface area (Å²) in [5, 5.41) is 0. The highest BCUT2D eigenvalue weighted by Gasteiger charge is 2.28. The lowest BCUT2D eigenvalue weighted by atomic mass is 10.0. The fourth-order valence-corrected chi connectivity index (χ4v) is 2.57. The van der Waals surface area contributed by atoms with Crippen LogP contribution < -0.4 is 0 Å². The monoisotopic (exact) mass is 267 g/mol. The van der Waals surface area contributed by atoms with Crippen LogP contribution in [0, 0.1) is 5.92 Å². The molecule has 0 N–H and O–H groups in total. The van der Waals surface area contributed by atoms with Gasteiger partial charge < -0.3 is 4.74 Å². The first-order valence-electron chi connectivity index (χ1n) is 8.27. The van der Waals surface area contributed by atoms with Gasteiger partial charge in [-0.3, -0.25) is 0 Å². The zero-order chi connectivity index (χ0) is 14.1. The van der Waals surface area contributed by atoms with E-state index in [1.165, 1.54) is 57.8 Å². The molecule has 1 aliphatic rings. The van der Waals surface area contributed by atoms with Gasteiger partial charge >= 0.3 is 0 Å². The van der Waals surface area contributed by atoms with Crippen molar-refractivity contribution in [3.05, 3.63) is 0 Å². The van der Waals surface area contributed by atoms with E-state index in [2.05, 4.69) is 32.7 Å². The molecule has 0 saturated carbocycles. The van der Waals surface area contributed by atoms with Crippen molar-refractivity contribution in [2.75, 3.05) is 6.61 Å². The summed E-state index contributed by atoms with van der Waals surface area (Å²) < 4.78 is 5.70. The molecule has 0 saturated heterocycles. The lowest BCUT2D eigenvalue weighted by Gasteiger charge is -2.10. The zero-order valence-electron chi connectivity index (χ0n) is 13.5. The Labute approximate surface area is 120 Å². The fraction of sp³-hybridized carbons (Fsp3) is 0.941. The largest absolute Gasteiger partial charge is 0.478 e. The number of rotatable bonds is 10. The molecule has 19 heavy (non-hydrogen) atoms. The van der Waals surface area contributed by atoms with Crippen LogP contribution in [0.2, 0.25) is 0 Å². The van der Waals surface area contributed by atoms with Crippen molar-refractivity contribution in [1.82, 2.24) is 0 Å². The minimum absolute atomic E-state index is 0.00285. The van der Waals surface area contributed by atoms with E-state index in [-0.39, 0.29) is 5.54 Å². The van der Waals surface area contributed by atoms with E-state index in [0.717, 1.165) is 12.5 Å². The van der Waals surface area contributed by atoms with Crippen LogP contribution in [0.3, 0.4) is 0 Å². The van der Waals surface area contributed by atoms with Gasteiger partial charge in [0.1, 0.15) is 6.61 Å². The smallest absolute Gasteiger partial charge is 0.186 e. The third-order valence-corrected chi connectivity index (χ3v) is 3.90. The summed E-state index contributed by atoms with van der Waals surface area (Å²) >= 11 is 0. The third-order valence-electron chi connectivity index (χ3n) is 3.90. The lowest BCUT2D eigenvalue weighted by Crippen LogP contribution is -2.17. The minimum atomic E-state index is 0.00285. The fourth-order valence-electron chi connectivity index (χ4n) is 2.57. The van der Waals surface area contributed by atoms with Crippen molar-refractivity contribution >= 4 is 5.90 Å². The molecule has 112 valence electrons. The van der Waals surface area contributed by atoms with Crippen molar-refractivity contribution in [2.45, 2.75) is 91.0 Å². The number of hydrogen-bond donors (Lipinski definition) is 0. The van der Waals surface area contributed by atoms with E-state index in [1.54, 1.807) is 0 Å². The summed E-state index contributed by atoms with van der Waals surface area (Å²) in [6.45, 7) is 9.56. The van der Waals surface area contributed by atoms with Crippen LogP contribution >= 0.6 is 0 Å². The molecule has 1 heterocycles. The number of ether oxygens (including phenoxy) is 1. The summed E-state index contributed by atoms with van der Waals surface area (Å²) in [5.41, 5.74) is 0.00285. The summed E-state index contributed by atoms with van der Waals surface area (Å²) in [5.74, 6) is 1.50. The Bertz CT molecular complexity index is 270. The summed E-state index contributed by atoms with van der Waals surface area (Å²) in [6.07, 6.45) is 12.3. The van der Waals surface area contributed by atoms with Crippen LogP contribution in [0.5, 0.6) is 0 Å². The molecule has 0 bridgehead atoms. The average molecular weight is 267 g/mol. The second-order valence-electron chi connectivity index (χ2n) is 6.72. The second kappa shape index (κ2) is 8.60. The van der Waals surface area contributed by atoms with E-state index in [1.807, 2.05) is 0 Å². The molecule has 1 rings (SSSR count). The van der Waals surface area contributed by atoms with Crippen molar-refractivity contribution in [1.29, 1.82) is 0 Å². The first kappa shape index (κ1) is 16.5. The minimum Gasteiger partial charge on any atom is -0.478 e. The maximum absolute atomic E-state index is 5.70. The van der Waals surface area contributed by atoms with Crippen LogP contribution in [0.15, 0.2) is 4.99 Å². The molecular weight excluding hydrogens is 234 g/mol. The van der Waals surface area contributed by atoms with Gasteiger partial charge in [0.25, 0.3) is 0 Å². The predicted molar refractivity (Wildman–Crippen MR) is 83.9 cm³/mol. The van der Waals surface area contributed by atoms with Crippen molar-refractivity contribution in [2.24, 2.45) is 10.9 Å². The van der Waals surface area contributed by atoms with Gasteiger partial charge in [0.2, 0.25) is 0 Å². The number of unbranched alkanes of at least 4 members (excludes halogenated alkanes) is 7. The van der Waals surface area contributed by atoms with Crippen LogP contribution in [-0.2, 0) is 4.74 Å². The molecule has 0 spiro atoms. The Morgan fingerprint density at radius 2 is 1.63 bits per heavy atom. The molecule has 0 fully saturated rings. The molecule has 0 aromatic rings. The van der Waals surface area contributed by atoms with Gasteiger partial charge in [-0.1, -0.05) is 65.2 Å². The maximum atomic E-state index is 5.70. The predicted octanol–water partition coefficient (Wildman–Crippen LogP) is 5.36. The Hall–Kier alpha value is -0.530. The molecule has 0 amide bonds. The lowest BCUT2D eigenvalue weighted by molar-refractivity contribution is 0.264. The zero-order valence-corrected chi connectivity index (χ0v) is 13.5. The Balaban J connectivity index is 2.01. The van der Waals surface area contributed by atoms with Gasteiger partial charge in [-0.2, -0.15) is 0 Å². The van der Waals surface area contributed by atoms with Crippen molar-refractivity contribution in [3.63, 3.8) is 0 Å². The summed E-state index contributed by atoms with van der Waals surface area (Å²) in [7, 11) is 0. The summed E-state index contributed by atoms with van der Waals surface area (Å²) in [4.78, 5) is 4.66. The third kappa shape index (κ3) is 6.98.